The number of allylic oxidation sites excluding steroid dienone is 2. The highest BCUT2D eigenvalue weighted by molar-refractivity contribution is 7.16. The van der Waals surface area contributed by atoms with E-state index in [9.17, 15) is 14.7 Å². The smallest absolute Gasteiger partial charge is 0.307 e. The van der Waals surface area contributed by atoms with Gasteiger partial charge in [0, 0.05) is 15.5 Å². The van der Waals surface area contributed by atoms with E-state index in [4.69, 9.17) is 11.6 Å². The third-order valence-electron chi connectivity index (χ3n) is 5.19. The minimum Gasteiger partial charge on any atom is -0.481 e. The third-order valence-corrected chi connectivity index (χ3v) is 6.33. The van der Waals surface area contributed by atoms with Gasteiger partial charge in [-0.1, -0.05) is 35.9 Å². The molecule has 5 nitrogen and oxygen atoms in total. The largest absolute Gasteiger partial charge is 0.481 e. The molecule has 0 saturated heterocycles. The Morgan fingerprint density at radius 2 is 1.85 bits per heavy atom. The zero-order chi connectivity index (χ0) is 18.4. The first-order valence-electron chi connectivity index (χ1n) is 8.39. The van der Waals surface area contributed by atoms with Crippen LogP contribution < -0.4 is 5.32 Å². The second kappa shape index (κ2) is 6.52. The monoisotopic (exact) mass is 388 g/mol. The van der Waals surface area contributed by atoms with Crippen molar-refractivity contribution in [3.8, 4) is 11.3 Å². The molecular formula is C19H17ClN2O3S. The number of rotatable bonds is 4. The number of carboxylic acids is 1. The predicted molar refractivity (Wildman–Crippen MR) is 101 cm³/mol. The highest BCUT2D eigenvalue weighted by atomic mass is 35.5. The summed E-state index contributed by atoms with van der Waals surface area (Å²) in [5.74, 6) is -2.40. The van der Waals surface area contributed by atoms with Crippen LogP contribution in [0.3, 0.4) is 0 Å². The fraction of sp³-hybridized carbons (Fsp3) is 0.316. The molecule has 0 spiro atoms. The lowest BCUT2D eigenvalue weighted by atomic mass is 9.82. The maximum Gasteiger partial charge on any atom is 0.307 e. The summed E-state index contributed by atoms with van der Waals surface area (Å²) in [7, 11) is 0. The van der Waals surface area contributed by atoms with Crippen molar-refractivity contribution in [1.82, 2.24) is 4.98 Å². The van der Waals surface area contributed by atoms with Crippen molar-refractivity contribution in [3.05, 3.63) is 46.3 Å². The lowest BCUT2D eigenvalue weighted by Crippen LogP contribution is -2.36. The number of anilines is 1. The molecule has 1 amide bonds. The van der Waals surface area contributed by atoms with E-state index in [0.717, 1.165) is 22.6 Å². The molecule has 4 rings (SSSR count). The SMILES string of the molecule is Cc1sc(NC(=O)[C@H]2[C@@H](C(=O)O)[C@H]3C=C[C@@H]2C3)nc1-c1ccc(Cl)cc1. The van der Waals surface area contributed by atoms with Crippen LogP contribution in [0.25, 0.3) is 11.3 Å². The topological polar surface area (TPSA) is 79.3 Å². The lowest BCUT2D eigenvalue weighted by Gasteiger charge is -2.23. The van der Waals surface area contributed by atoms with E-state index in [1.54, 1.807) is 12.1 Å². The van der Waals surface area contributed by atoms with Gasteiger partial charge in [-0.25, -0.2) is 4.98 Å². The fourth-order valence-electron chi connectivity index (χ4n) is 4.03. The summed E-state index contributed by atoms with van der Waals surface area (Å²) in [4.78, 5) is 29.9. The molecule has 2 N–H and O–H groups in total. The van der Waals surface area contributed by atoms with Gasteiger partial charge in [0.05, 0.1) is 17.5 Å². The van der Waals surface area contributed by atoms with Gasteiger partial charge >= 0.3 is 5.97 Å². The summed E-state index contributed by atoms with van der Waals surface area (Å²) in [6.07, 6.45) is 4.64. The van der Waals surface area contributed by atoms with E-state index in [2.05, 4.69) is 10.3 Å². The molecule has 0 radical (unpaired) electrons. The Bertz CT molecular complexity index is 906. The normalized spacial score (nSPS) is 26.2. The average Bonchev–Trinajstić information content (AvgIpc) is 3.29. The number of halogens is 1. The molecule has 2 bridgehead atoms. The number of nitrogens with one attached hydrogen (secondary N) is 1. The van der Waals surface area contributed by atoms with E-state index in [1.807, 2.05) is 31.2 Å². The number of aromatic nitrogens is 1. The number of aryl methyl sites for hydroxylation is 1. The Balaban J connectivity index is 1.55. The molecule has 2 aliphatic rings. The molecule has 1 saturated carbocycles. The molecule has 26 heavy (non-hydrogen) atoms. The van der Waals surface area contributed by atoms with E-state index in [1.165, 1.54) is 11.3 Å². The molecule has 1 aromatic carbocycles. The van der Waals surface area contributed by atoms with Crippen LogP contribution in [0.4, 0.5) is 5.13 Å². The zero-order valence-electron chi connectivity index (χ0n) is 14.0. The van der Waals surface area contributed by atoms with Crippen LogP contribution >= 0.6 is 22.9 Å². The second-order valence-electron chi connectivity index (χ2n) is 6.76. The van der Waals surface area contributed by atoms with Crippen molar-refractivity contribution < 1.29 is 14.7 Å². The minimum absolute atomic E-state index is 0.00195. The Hall–Kier alpha value is -2.18. The van der Waals surface area contributed by atoms with Crippen molar-refractivity contribution in [2.24, 2.45) is 23.7 Å². The van der Waals surface area contributed by atoms with Crippen molar-refractivity contribution in [3.63, 3.8) is 0 Å². The summed E-state index contributed by atoms with van der Waals surface area (Å²) in [6, 6.07) is 7.37. The van der Waals surface area contributed by atoms with Gasteiger partial charge in [-0.3, -0.25) is 9.59 Å². The maximum absolute atomic E-state index is 12.8. The van der Waals surface area contributed by atoms with Gasteiger partial charge in [0.15, 0.2) is 5.13 Å². The van der Waals surface area contributed by atoms with Crippen LogP contribution in [0.1, 0.15) is 11.3 Å². The van der Waals surface area contributed by atoms with Crippen molar-refractivity contribution >= 4 is 39.9 Å². The number of hydrogen-bond acceptors (Lipinski definition) is 4. The first kappa shape index (κ1) is 17.2. The summed E-state index contributed by atoms with van der Waals surface area (Å²) in [6.45, 7) is 1.94. The van der Waals surface area contributed by atoms with Crippen LogP contribution in [0.5, 0.6) is 0 Å². The molecule has 1 fully saturated rings. The summed E-state index contributed by atoms with van der Waals surface area (Å²) >= 11 is 7.32. The summed E-state index contributed by atoms with van der Waals surface area (Å²) < 4.78 is 0. The van der Waals surface area contributed by atoms with Crippen LogP contribution in [0.15, 0.2) is 36.4 Å². The quantitative estimate of drug-likeness (QED) is 0.768. The van der Waals surface area contributed by atoms with Gasteiger partial charge in [-0.05, 0) is 37.3 Å². The number of carbonyl (C=O) groups is 2. The number of benzene rings is 1. The molecule has 1 aromatic heterocycles. The molecular weight excluding hydrogens is 372 g/mol. The predicted octanol–water partition coefficient (Wildman–Crippen LogP) is 4.23. The van der Waals surface area contributed by atoms with Crippen molar-refractivity contribution in [2.45, 2.75) is 13.3 Å². The lowest BCUT2D eigenvalue weighted by molar-refractivity contribution is -0.146. The number of carboxylic acid groups (broad SMARTS) is 1. The van der Waals surface area contributed by atoms with Crippen LogP contribution in [0, 0.1) is 30.6 Å². The average molecular weight is 389 g/mol. The fourth-order valence-corrected chi connectivity index (χ4v) is 5.00. The zero-order valence-corrected chi connectivity index (χ0v) is 15.6. The van der Waals surface area contributed by atoms with Crippen LogP contribution in [-0.4, -0.2) is 22.0 Å². The summed E-state index contributed by atoms with van der Waals surface area (Å²) in [5.41, 5.74) is 1.72. The standard InChI is InChI=1S/C19H17ClN2O3S/c1-9-16(10-4-6-13(20)7-5-10)21-19(26-9)22-17(23)14-11-2-3-12(8-11)15(14)18(24)25/h2-7,11-12,14-15H,8H2,1H3,(H,24,25)(H,21,22,23)/t11-,12+,14-,15+/m1/s1. The number of nitrogens with zero attached hydrogens (tertiary/aromatic N) is 1. The first-order chi connectivity index (χ1) is 12.4. The van der Waals surface area contributed by atoms with E-state index < -0.39 is 17.8 Å². The number of thiazole rings is 1. The van der Waals surface area contributed by atoms with Gasteiger partial charge < -0.3 is 10.4 Å². The number of amides is 1. The Kier molecular flexibility index (Phi) is 4.32. The van der Waals surface area contributed by atoms with Gasteiger partial charge in [0.2, 0.25) is 5.91 Å². The van der Waals surface area contributed by atoms with E-state index in [-0.39, 0.29) is 17.7 Å². The molecule has 2 aliphatic carbocycles. The van der Waals surface area contributed by atoms with Crippen LogP contribution in [-0.2, 0) is 9.59 Å². The minimum atomic E-state index is -0.904. The second-order valence-corrected chi connectivity index (χ2v) is 8.40. The number of fused-ring (bicyclic) bond motifs is 2. The number of aliphatic carboxylic acids is 1. The van der Waals surface area contributed by atoms with E-state index >= 15 is 0 Å². The Morgan fingerprint density at radius 1 is 1.19 bits per heavy atom. The van der Waals surface area contributed by atoms with Gasteiger partial charge in [-0.15, -0.1) is 11.3 Å². The van der Waals surface area contributed by atoms with Crippen LogP contribution in [0.2, 0.25) is 5.02 Å². The maximum atomic E-state index is 12.8. The molecule has 2 aromatic rings. The molecule has 7 heteroatoms. The number of carbonyl (C=O) groups excluding carboxylic acids is 1. The van der Waals surface area contributed by atoms with Gasteiger partial charge in [0.1, 0.15) is 0 Å². The molecule has 0 unspecified atom stereocenters. The van der Waals surface area contributed by atoms with Crippen molar-refractivity contribution in [1.29, 1.82) is 0 Å². The Labute approximate surface area is 159 Å². The summed E-state index contributed by atoms with van der Waals surface area (Å²) in [5, 5.41) is 13.5. The Morgan fingerprint density at radius 3 is 2.50 bits per heavy atom. The molecule has 134 valence electrons. The molecule has 1 heterocycles. The molecule has 4 atom stereocenters. The third kappa shape index (κ3) is 2.93. The van der Waals surface area contributed by atoms with Gasteiger partial charge in [-0.2, -0.15) is 0 Å². The highest BCUT2D eigenvalue weighted by Gasteiger charge is 2.51. The number of hydrogen-bond donors (Lipinski definition) is 2. The van der Waals surface area contributed by atoms with Crippen molar-refractivity contribution in [2.75, 3.05) is 5.32 Å². The van der Waals surface area contributed by atoms with E-state index in [0.29, 0.717) is 10.2 Å². The van der Waals surface area contributed by atoms with Gasteiger partial charge in [0.25, 0.3) is 0 Å². The first-order valence-corrected chi connectivity index (χ1v) is 9.59. The molecule has 0 aliphatic heterocycles. The highest BCUT2D eigenvalue weighted by Crippen LogP contribution is 2.48.